The second-order valence-electron chi connectivity index (χ2n) is 5.34. The summed E-state index contributed by atoms with van der Waals surface area (Å²) in [5.74, 6) is 0.0716. The summed E-state index contributed by atoms with van der Waals surface area (Å²) in [6.45, 7) is 2.18. The van der Waals surface area contributed by atoms with Gasteiger partial charge in [-0.2, -0.15) is 0 Å². The van der Waals surface area contributed by atoms with Crippen molar-refractivity contribution in [3.05, 3.63) is 48.0 Å². The van der Waals surface area contributed by atoms with Gasteiger partial charge in [-0.15, -0.1) is 0 Å². The van der Waals surface area contributed by atoms with Gasteiger partial charge in [-0.3, -0.25) is 4.79 Å². The van der Waals surface area contributed by atoms with Crippen LogP contribution in [0.25, 0.3) is 10.8 Å². The van der Waals surface area contributed by atoms with Gasteiger partial charge >= 0.3 is 0 Å². The van der Waals surface area contributed by atoms with Crippen LogP contribution in [0.2, 0.25) is 0 Å². The van der Waals surface area contributed by atoms with Crippen molar-refractivity contribution in [1.82, 2.24) is 10.2 Å². The Morgan fingerprint density at radius 1 is 1.24 bits per heavy atom. The second kappa shape index (κ2) is 6.24. The van der Waals surface area contributed by atoms with E-state index in [2.05, 4.69) is 35.6 Å². The predicted molar refractivity (Wildman–Crippen MR) is 83.1 cm³/mol. The van der Waals surface area contributed by atoms with E-state index in [1.54, 1.807) is 0 Å². The summed E-state index contributed by atoms with van der Waals surface area (Å²) < 4.78 is 5.18. The largest absolute Gasteiger partial charge is 0.370 e. The number of ether oxygens (including phenoxy) is 1. The van der Waals surface area contributed by atoms with Gasteiger partial charge in [0.25, 0.3) is 0 Å². The lowest BCUT2D eigenvalue weighted by Gasteiger charge is -2.30. The highest BCUT2D eigenvalue weighted by molar-refractivity contribution is 5.83. The van der Waals surface area contributed by atoms with Crippen LogP contribution in [0, 0.1) is 0 Å². The molecule has 0 saturated carbocycles. The van der Waals surface area contributed by atoms with Crippen molar-refractivity contribution < 1.29 is 9.53 Å². The lowest BCUT2D eigenvalue weighted by atomic mass is 10.0. The van der Waals surface area contributed by atoms with E-state index in [4.69, 9.17) is 4.74 Å². The molecule has 0 aliphatic carbocycles. The SMILES string of the molecule is CNC(CN1CCOCC1=O)c1ccc2ccccc2c1. The number of carbonyl (C=O) groups is 1. The Kier molecular flexibility index (Phi) is 4.18. The number of carbonyl (C=O) groups excluding carboxylic acids is 1. The van der Waals surface area contributed by atoms with Crippen LogP contribution >= 0.6 is 0 Å². The number of morpholine rings is 1. The highest BCUT2D eigenvalue weighted by Crippen LogP contribution is 2.21. The molecule has 4 heteroatoms. The zero-order valence-electron chi connectivity index (χ0n) is 12.2. The first-order valence-electron chi connectivity index (χ1n) is 7.29. The van der Waals surface area contributed by atoms with Gasteiger partial charge in [0.05, 0.1) is 6.61 Å². The van der Waals surface area contributed by atoms with E-state index in [9.17, 15) is 4.79 Å². The van der Waals surface area contributed by atoms with E-state index in [0.29, 0.717) is 19.7 Å². The van der Waals surface area contributed by atoms with E-state index in [1.807, 2.05) is 24.1 Å². The average Bonchev–Trinajstić information content (AvgIpc) is 2.54. The number of rotatable bonds is 4. The first-order valence-corrected chi connectivity index (χ1v) is 7.29. The van der Waals surface area contributed by atoms with Crippen LogP contribution in [0.5, 0.6) is 0 Å². The summed E-state index contributed by atoms with van der Waals surface area (Å²) in [7, 11) is 1.94. The molecule has 3 rings (SSSR count). The van der Waals surface area contributed by atoms with Crippen molar-refractivity contribution in [2.24, 2.45) is 0 Å². The van der Waals surface area contributed by atoms with Crippen molar-refractivity contribution in [3.63, 3.8) is 0 Å². The molecule has 1 atom stereocenters. The Balaban J connectivity index is 1.82. The van der Waals surface area contributed by atoms with Crippen LogP contribution in [-0.4, -0.2) is 44.2 Å². The number of hydrogen-bond acceptors (Lipinski definition) is 3. The minimum atomic E-state index is 0.0716. The molecule has 0 radical (unpaired) electrons. The standard InChI is InChI=1S/C17H20N2O2/c1-18-16(11-19-8-9-21-12-17(19)20)15-7-6-13-4-2-3-5-14(13)10-15/h2-7,10,16,18H,8-9,11-12H2,1H3. The molecular formula is C17H20N2O2. The maximum atomic E-state index is 11.9. The molecule has 1 saturated heterocycles. The van der Waals surface area contributed by atoms with Crippen molar-refractivity contribution in [2.75, 3.05) is 33.4 Å². The van der Waals surface area contributed by atoms with E-state index < -0.39 is 0 Å². The summed E-state index contributed by atoms with van der Waals surface area (Å²) in [6, 6.07) is 14.9. The summed E-state index contributed by atoms with van der Waals surface area (Å²) in [6.07, 6.45) is 0. The lowest BCUT2D eigenvalue weighted by Crippen LogP contribution is -2.45. The highest BCUT2D eigenvalue weighted by atomic mass is 16.5. The highest BCUT2D eigenvalue weighted by Gasteiger charge is 2.22. The van der Waals surface area contributed by atoms with Gasteiger partial charge in [-0.05, 0) is 29.4 Å². The van der Waals surface area contributed by atoms with Gasteiger partial charge in [-0.1, -0.05) is 36.4 Å². The number of hydrogen-bond donors (Lipinski definition) is 1. The molecule has 0 aromatic heterocycles. The molecule has 1 aliphatic heterocycles. The number of nitrogens with zero attached hydrogens (tertiary/aromatic N) is 1. The number of nitrogens with one attached hydrogen (secondary N) is 1. The van der Waals surface area contributed by atoms with E-state index in [0.717, 1.165) is 0 Å². The fourth-order valence-electron chi connectivity index (χ4n) is 2.75. The maximum absolute atomic E-state index is 11.9. The van der Waals surface area contributed by atoms with Crippen molar-refractivity contribution >= 4 is 16.7 Å². The zero-order chi connectivity index (χ0) is 14.7. The summed E-state index contributed by atoms with van der Waals surface area (Å²) in [5, 5.41) is 5.78. The molecule has 110 valence electrons. The molecule has 2 aromatic rings. The molecule has 1 N–H and O–H groups in total. The fourth-order valence-corrected chi connectivity index (χ4v) is 2.75. The van der Waals surface area contributed by atoms with Gasteiger partial charge < -0.3 is 15.0 Å². The molecule has 0 spiro atoms. The second-order valence-corrected chi connectivity index (χ2v) is 5.34. The number of benzene rings is 2. The predicted octanol–water partition coefficient (Wildman–Crippen LogP) is 1.96. The minimum Gasteiger partial charge on any atom is -0.370 e. The third-order valence-electron chi connectivity index (χ3n) is 4.01. The first-order chi connectivity index (χ1) is 10.3. The molecule has 1 aliphatic rings. The molecule has 2 aromatic carbocycles. The molecule has 4 nitrogen and oxygen atoms in total. The molecular weight excluding hydrogens is 264 g/mol. The van der Waals surface area contributed by atoms with Crippen molar-refractivity contribution in [1.29, 1.82) is 0 Å². The molecule has 1 heterocycles. The van der Waals surface area contributed by atoms with Crippen molar-refractivity contribution in [2.45, 2.75) is 6.04 Å². The smallest absolute Gasteiger partial charge is 0.248 e. The third-order valence-corrected chi connectivity index (χ3v) is 4.01. The minimum absolute atomic E-state index is 0.0716. The molecule has 1 unspecified atom stereocenters. The Bertz CT molecular complexity index is 641. The quantitative estimate of drug-likeness (QED) is 0.933. The van der Waals surface area contributed by atoms with Gasteiger partial charge in [0.15, 0.2) is 0 Å². The Hall–Kier alpha value is -1.91. The van der Waals surface area contributed by atoms with Crippen LogP contribution in [0.3, 0.4) is 0 Å². The molecule has 0 bridgehead atoms. The first kappa shape index (κ1) is 14.0. The van der Waals surface area contributed by atoms with Gasteiger partial charge in [0.2, 0.25) is 5.91 Å². The summed E-state index contributed by atoms with van der Waals surface area (Å²) >= 11 is 0. The summed E-state index contributed by atoms with van der Waals surface area (Å²) in [5.41, 5.74) is 1.20. The van der Waals surface area contributed by atoms with Crippen LogP contribution < -0.4 is 5.32 Å². The van der Waals surface area contributed by atoms with Gasteiger partial charge in [-0.25, -0.2) is 0 Å². The Morgan fingerprint density at radius 3 is 2.81 bits per heavy atom. The van der Waals surface area contributed by atoms with E-state index in [-0.39, 0.29) is 18.6 Å². The normalized spacial score (nSPS) is 17.2. The van der Waals surface area contributed by atoms with Crippen molar-refractivity contribution in [3.8, 4) is 0 Å². The fraction of sp³-hybridized carbons (Fsp3) is 0.353. The van der Waals surface area contributed by atoms with Crippen LogP contribution in [-0.2, 0) is 9.53 Å². The van der Waals surface area contributed by atoms with Gasteiger partial charge in [0, 0.05) is 19.1 Å². The third kappa shape index (κ3) is 3.06. The maximum Gasteiger partial charge on any atom is 0.248 e. The Morgan fingerprint density at radius 2 is 2.05 bits per heavy atom. The van der Waals surface area contributed by atoms with Gasteiger partial charge in [0.1, 0.15) is 6.61 Å². The summed E-state index contributed by atoms with van der Waals surface area (Å²) in [4.78, 5) is 13.7. The number of fused-ring (bicyclic) bond motifs is 1. The van der Waals surface area contributed by atoms with Crippen LogP contribution in [0.15, 0.2) is 42.5 Å². The number of likely N-dealkylation sites (N-methyl/N-ethyl adjacent to an activating group) is 1. The van der Waals surface area contributed by atoms with Crippen LogP contribution in [0.1, 0.15) is 11.6 Å². The van der Waals surface area contributed by atoms with E-state index in [1.165, 1.54) is 16.3 Å². The molecule has 21 heavy (non-hydrogen) atoms. The zero-order valence-corrected chi connectivity index (χ0v) is 12.2. The molecule has 1 fully saturated rings. The monoisotopic (exact) mass is 284 g/mol. The van der Waals surface area contributed by atoms with E-state index >= 15 is 0 Å². The Labute approximate surface area is 124 Å². The average molecular weight is 284 g/mol. The molecule has 1 amide bonds. The number of amides is 1. The topological polar surface area (TPSA) is 41.6 Å². The lowest BCUT2D eigenvalue weighted by molar-refractivity contribution is -0.143. The van der Waals surface area contributed by atoms with Crippen LogP contribution in [0.4, 0.5) is 0 Å².